The van der Waals surface area contributed by atoms with Gasteiger partial charge in [-0.2, -0.15) is 0 Å². The summed E-state index contributed by atoms with van der Waals surface area (Å²) in [6.07, 6.45) is -1.43. The van der Waals surface area contributed by atoms with Gasteiger partial charge in [0.1, 0.15) is 17.7 Å². The van der Waals surface area contributed by atoms with Gasteiger partial charge in [-0.05, 0) is 30.7 Å². The molecule has 0 bridgehead atoms. The number of carbonyl (C=O) groups excluding carboxylic acids is 1. The number of hydrogen-bond donors (Lipinski definition) is 2. The van der Waals surface area contributed by atoms with Gasteiger partial charge in [-0.15, -0.1) is 11.8 Å². The predicted molar refractivity (Wildman–Crippen MR) is 86.2 cm³/mol. The minimum absolute atomic E-state index is 0.164. The lowest BCUT2D eigenvalue weighted by Crippen LogP contribution is -2.30. The number of nitrogens with one attached hydrogen (secondary N) is 1. The van der Waals surface area contributed by atoms with Gasteiger partial charge in [0.05, 0.1) is 11.3 Å². The molecule has 0 spiro atoms. The van der Waals surface area contributed by atoms with Crippen LogP contribution in [0.5, 0.6) is 0 Å². The largest absolute Gasteiger partial charge is 0.386 e. The maximum atomic E-state index is 13.5. The van der Waals surface area contributed by atoms with Gasteiger partial charge in [0, 0.05) is 11.4 Å². The van der Waals surface area contributed by atoms with Crippen LogP contribution in [0.2, 0.25) is 0 Å². The fraction of sp³-hybridized carbons (Fsp3) is 0.235. The number of hydrogen-bond acceptors (Lipinski definition) is 3. The predicted octanol–water partition coefficient (Wildman–Crippen LogP) is 3.22. The Morgan fingerprint density at radius 1 is 1.17 bits per heavy atom. The Labute approximate surface area is 137 Å². The van der Waals surface area contributed by atoms with Gasteiger partial charge in [0.2, 0.25) is 5.91 Å². The van der Waals surface area contributed by atoms with Crippen molar-refractivity contribution in [2.24, 2.45) is 0 Å². The van der Waals surface area contributed by atoms with Gasteiger partial charge < -0.3 is 10.4 Å². The van der Waals surface area contributed by atoms with Crippen LogP contribution in [-0.4, -0.2) is 23.3 Å². The first-order valence-corrected chi connectivity index (χ1v) is 8.04. The van der Waals surface area contributed by atoms with E-state index in [2.05, 4.69) is 5.32 Å². The Hall–Kier alpha value is -1.92. The third-order valence-corrected chi connectivity index (χ3v) is 4.45. The van der Waals surface area contributed by atoms with Crippen LogP contribution < -0.4 is 5.32 Å². The molecule has 6 heteroatoms. The number of halogens is 2. The zero-order valence-electron chi connectivity index (χ0n) is 12.6. The molecule has 0 aliphatic heterocycles. The van der Waals surface area contributed by atoms with Crippen LogP contribution in [-0.2, 0) is 4.79 Å². The summed E-state index contributed by atoms with van der Waals surface area (Å²) in [5.41, 5.74) is 0.637. The van der Waals surface area contributed by atoms with Crippen molar-refractivity contribution in [2.45, 2.75) is 17.9 Å². The molecule has 0 radical (unpaired) electrons. The Bertz CT molecular complexity index is 674. The number of amides is 1. The van der Waals surface area contributed by atoms with E-state index < -0.39 is 23.3 Å². The second kappa shape index (κ2) is 8.08. The number of aliphatic hydroxyl groups is 1. The van der Waals surface area contributed by atoms with Gasteiger partial charge in [-0.1, -0.05) is 24.3 Å². The average Bonchev–Trinajstić information content (AvgIpc) is 2.52. The molecule has 0 aromatic heterocycles. The fourth-order valence-electron chi connectivity index (χ4n) is 2.05. The quantitative estimate of drug-likeness (QED) is 0.796. The normalized spacial score (nSPS) is 12.0. The first kappa shape index (κ1) is 17.4. The van der Waals surface area contributed by atoms with Crippen molar-refractivity contribution >= 4 is 17.7 Å². The lowest BCUT2D eigenvalue weighted by Gasteiger charge is -2.14. The van der Waals surface area contributed by atoms with Crippen LogP contribution in [0, 0.1) is 18.6 Å². The summed E-state index contributed by atoms with van der Waals surface area (Å²) in [6.45, 7) is 1.70. The molecule has 2 N–H and O–H groups in total. The van der Waals surface area contributed by atoms with Gasteiger partial charge in [0.15, 0.2) is 0 Å². The molecule has 0 heterocycles. The molecule has 1 atom stereocenters. The monoisotopic (exact) mass is 337 g/mol. The first-order chi connectivity index (χ1) is 11.0. The standard InChI is InChI=1S/C17H17F2NO2S/c1-11-5-2-3-8-15(11)23-10-16(22)20-9-14(21)17-12(18)6-4-7-13(17)19/h2-8,14,21H,9-10H2,1H3,(H,20,22). The summed E-state index contributed by atoms with van der Waals surface area (Å²) in [5, 5.41) is 12.3. The Balaban J connectivity index is 1.86. The molecule has 2 rings (SSSR count). The summed E-state index contributed by atoms with van der Waals surface area (Å²) in [7, 11) is 0. The van der Waals surface area contributed by atoms with Crippen molar-refractivity contribution in [2.75, 3.05) is 12.3 Å². The summed E-state index contributed by atoms with van der Waals surface area (Å²) in [6, 6.07) is 11.0. The van der Waals surface area contributed by atoms with Gasteiger partial charge in [-0.25, -0.2) is 8.78 Å². The molecule has 0 saturated carbocycles. The topological polar surface area (TPSA) is 49.3 Å². The fourth-order valence-corrected chi connectivity index (χ4v) is 2.91. The minimum Gasteiger partial charge on any atom is -0.386 e. The average molecular weight is 337 g/mol. The molecular formula is C17H17F2NO2S. The summed E-state index contributed by atoms with van der Waals surface area (Å²) in [4.78, 5) is 12.8. The highest BCUT2D eigenvalue weighted by Gasteiger charge is 2.18. The second-order valence-electron chi connectivity index (χ2n) is 5.01. The Kier molecular flexibility index (Phi) is 6.12. The van der Waals surface area contributed by atoms with Crippen LogP contribution in [0.25, 0.3) is 0 Å². The maximum Gasteiger partial charge on any atom is 0.230 e. The van der Waals surface area contributed by atoms with Crippen molar-refractivity contribution in [3.05, 3.63) is 65.2 Å². The van der Waals surface area contributed by atoms with E-state index in [1.807, 2.05) is 31.2 Å². The molecule has 23 heavy (non-hydrogen) atoms. The highest BCUT2D eigenvalue weighted by Crippen LogP contribution is 2.22. The summed E-state index contributed by atoms with van der Waals surface area (Å²) in [5.74, 6) is -1.81. The Morgan fingerprint density at radius 2 is 1.83 bits per heavy atom. The molecule has 0 aliphatic rings. The van der Waals surface area contributed by atoms with Crippen molar-refractivity contribution in [1.82, 2.24) is 5.32 Å². The van der Waals surface area contributed by atoms with Gasteiger partial charge in [0.25, 0.3) is 0 Å². The third kappa shape index (κ3) is 4.77. The van der Waals surface area contributed by atoms with Crippen molar-refractivity contribution in [1.29, 1.82) is 0 Å². The number of benzene rings is 2. The summed E-state index contributed by atoms with van der Waals surface area (Å²) >= 11 is 1.37. The van der Waals surface area contributed by atoms with Gasteiger partial charge in [-0.3, -0.25) is 4.79 Å². The van der Waals surface area contributed by atoms with E-state index >= 15 is 0 Å². The van der Waals surface area contributed by atoms with Crippen LogP contribution in [0.4, 0.5) is 8.78 Å². The number of rotatable bonds is 6. The van der Waals surface area contributed by atoms with E-state index in [4.69, 9.17) is 0 Å². The SMILES string of the molecule is Cc1ccccc1SCC(=O)NCC(O)c1c(F)cccc1F. The molecule has 3 nitrogen and oxygen atoms in total. The van der Waals surface area contributed by atoms with Crippen molar-refractivity contribution in [3.8, 4) is 0 Å². The zero-order valence-corrected chi connectivity index (χ0v) is 13.4. The molecule has 0 saturated heterocycles. The number of aryl methyl sites for hydroxylation is 1. The highest BCUT2D eigenvalue weighted by atomic mass is 32.2. The minimum atomic E-state index is -1.43. The Morgan fingerprint density at radius 3 is 2.48 bits per heavy atom. The van der Waals surface area contributed by atoms with E-state index in [1.54, 1.807) is 0 Å². The molecule has 1 amide bonds. The highest BCUT2D eigenvalue weighted by molar-refractivity contribution is 8.00. The molecule has 122 valence electrons. The third-order valence-electron chi connectivity index (χ3n) is 3.28. The zero-order chi connectivity index (χ0) is 16.8. The summed E-state index contributed by atoms with van der Waals surface area (Å²) < 4.78 is 27.0. The van der Waals surface area contributed by atoms with Crippen molar-refractivity contribution < 1.29 is 18.7 Å². The van der Waals surface area contributed by atoms with Gasteiger partial charge >= 0.3 is 0 Å². The molecule has 2 aromatic carbocycles. The molecule has 0 fully saturated rings. The molecular weight excluding hydrogens is 320 g/mol. The van der Waals surface area contributed by atoms with Crippen LogP contribution in [0.15, 0.2) is 47.4 Å². The van der Waals surface area contributed by atoms with Crippen molar-refractivity contribution in [3.63, 3.8) is 0 Å². The first-order valence-electron chi connectivity index (χ1n) is 7.06. The number of aliphatic hydroxyl groups excluding tert-OH is 1. The van der Waals surface area contributed by atoms with Crippen LogP contribution in [0.1, 0.15) is 17.2 Å². The van der Waals surface area contributed by atoms with Crippen LogP contribution in [0.3, 0.4) is 0 Å². The lowest BCUT2D eigenvalue weighted by atomic mass is 10.1. The van der Waals surface area contributed by atoms with E-state index in [1.165, 1.54) is 17.8 Å². The molecule has 1 unspecified atom stereocenters. The second-order valence-corrected chi connectivity index (χ2v) is 6.03. The van der Waals surface area contributed by atoms with E-state index in [-0.39, 0.29) is 18.2 Å². The number of carbonyl (C=O) groups is 1. The van der Waals surface area contributed by atoms with E-state index in [0.29, 0.717) is 0 Å². The molecule has 0 aliphatic carbocycles. The van der Waals surface area contributed by atoms with Crippen LogP contribution >= 0.6 is 11.8 Å². The lowest BCUT2D eigenvalue weighted by molar-refractivity contribution is -0.119. The molecule has 2 aromatic rings. The number of thioether (sulfide) groups is 1. The van der Waals surface area contributed by atoms with E-state index in [9.17, 15) is 18.7 Å². The maximum absolute atomic E-state index is 13.5. The van der Waals surface area contributed by atoms with E-state index in [0.717, 1.165) is 22.6 Å². The smallest absolute Gasteiger partial charge is 0.230 e.